The molecule has 0 aliphatic heterocycles. The van der Waals surface area contributed by atoms with Crippen LogP contribution in [0, 0.1) is 0 Å². The number of aliphatic imine (C=N–C) groups is 1. The van der Waals surface area contributed by atoms with Crippen molar-refractivity contribution in [1.29, 1.82) is 0 Å². The number of carbonyl (C=O) groups is 1. The fraction of sp³-hybridized carbons (Fsp3) is 0.688. The van der Waals surface area contributed by atoms with Crippen LogP contribution in [0.2, 0.25) is 0 Å². The molecule has 0 aliphatic rings. The molecule has 6 nitrogen and oxygen atoms in total. The maximum absolute atomic E-state index is 11.0. The summed E-state index contributed by atoms with van der Waals surface area (Å²) in [5, 5.41) is 7.73. The molecule has 1 aromatic rings. The first-order chi connectivity index (χ1) is 11.2. The fourth-order valence-electron chi connectivity index (χ4n) is 2.02. The van der Waals surface area contributed by atoms with Crippen LogP contribution < -0.4 is 10.6 Å². The number of aryl methyl sites for hydroxylation is 1. The summed E-state index contributed by atoms with van der Waals surface area (Å²) in [5.74, 6) is 0.675. The van der Waals surface area contributed by atoms with Crippen LogP contribution in [0.5, 0.6) is 0 Å². The fourth-order valence-corrected chi connectivity index (χ4v) is 2.88. The van der Waals surface area contributed by atoms with E-state index in [0.29, 0.717) is 6.42 Å². The molecule has 1 heterocycles. The van der Waals surface area contributed by atoms with Crippen LogP contribution in [0.4, 0.5) is 0 Å². The smallest absolute Gasteiger partial charge is 0.305 e. The number of rotatable bonds is 10. The molecule has 0 atom stereocenters. The predicted octanol–water partition coefficient (Wildman–Crippen LogP) is 2.15. The number of thiazole rings is 1. The van der Waals surface area contributed by atoms with E-state index in [2.05, 4.69) is 32.3 Å². The Kier molecular flexibility index (Phi) is 10.0. The summed E-state index contributed by atoms with van der Waals surface area (Å²) >= 11 is 1.77. The highest BCUT2D eigenvalue weighted by Gasteiger charge is 2.02. The molecule has 0 aromatic carbocycles. The van der Waals surface area contributed by atoms with Gasteiger partial charge in [0.2, 0.25) is 0 Å². The van der Waals surface area contributed by atoms with Gasteiger partial charge in [0.1, 0.15) is 0 Å². The van der Waals surface area contributed by atoms with Crippen LogP contribution >= 0.6 is 11.3 Å². The summed E-state index contributed by atoms with van der Waals surface area (Å²) in [4.78, 5) is 20.9. The van der Waals surface area contributed by atoms with Crippen LogP contribution in [-0.2, 0) is 22.4 Å². The van der Waals surface area contributed by atoms with Gasteiger partial charge in [-0.1, -0.05) is 13.3 Å². The second-order valence-corrected chi connectivity index (χ2v) is 6.34. The molecule has 0 spiro atoms. The average molecular weight is 340 g/mol. The molecule has 0 saturated heterocycles. The van der Waals surface area contributed by atoms with Gasteiger partial charge >= 0.3 is 5.97 Å². The molecule has 0 radical (unpaired) electrons. The van der Waals surface area contributed by atoms with Crippen molar-refractivity contribution in [3.05, 3.63) is 16.1 Å². The van der Waals surface area contributed by atoms with Crippen LogP contribution in [0.1, 0.15) is 42.5 Å². The minimum atomic E-state index is -0.135. The number of guanidine groups is 1. The zero-order valence-corrected chi connectivity index (χ0v) is 15.2. The Hall–Kier alpha value is -1.63. The first-order valence-electron chi connectivity index (χ1n) is 8.14. The molecule has 2 N–H and O–H groups in total. The predicted molar refractivity (Wildman–Crippen MR) is 95.0 cm³/mol. The number of hydrogen-bond donors (Lipinski definition) is 2. The molecule has 0 fully saturated rings. The van der Waals surface area contributed by atoms with Gasteiger partial charge in [-0.05, 0) is 19.3 Å². The number of nitrogens with one attached hydrogen (secondary N) is 2. The van der Waals surface area contributed by atoms with Crippen molar-refractivity contribution in [1.82, 2.24) is 15.6 Å². The summed E-state index contributed by atoms with van der Waals surface area (Å²) in [6.45, 7) is 3.81. The Morgan fingerprint density at radius 2 is 2.09 bits per heavy atom. The molecule has 23 heavy (non-hydrogen) atoms. The topological polar surface area (TPSA) is 75.6 Å². The van der Waals surface area contributed by atoms with Gasteiger partial charge < -0.3 is 15.4 Å². The Labute approximate surface area is 142 Å². The molecule has 1 aromatic heterocycles. The average Bonchev–Trinajstić information content (AvgIpc) is 3.03. The monoisotopic (exact) mass is 340 g/mol. The Morgan fingerprint density at radius 1 is 1.30 bits per heavy atom. The summed E-state index contributed by atoms with van der Waals surface area (Å²) in [7, 11) is 3.19. The van der Waals surface area contributed by atoms with Crippen molar-refractivity contribution in [2.45, 2.75) is 45.4 Å². The minimum Gasteiger partial charge on any atom is -0.469 e. The Bertz CT molecular complexity index is 488. The molecular formula is C16H28N4O2S. The van der Waals surface area contributed by atoms with Gasteiger partial charge in [-0.3, -0.25) is 9.79 Å². The number of carbonyl (C=O) groups excluding carboxylic acids is 1. The summed E-state index contributed by atoms with van der Waals surface area (Å²) in [6, 6.07) is 0. The van der Waals surface area contributed by atoms with Crippen molar-refractivity contribution in [2.24, 2.45) is 4.99 Å². The van der Waals surface area contributed by atoms with Crippen molar-refractivity contribution in [3.63, 3.8) is 0 Å². The van der Waals surface area contributed by atoms with Crippen molar-refractivity contribution < 1.29 is 9.53 Å². The van der Waals surface area contributed by atoms with Gasteiger partial charge in [0.15, 0.2) is 5.96 Å². The Morgan fingerprint density at radius 3 is 2.74 bits per heavy atom. The van der Waals surface area contributed by atoms with Crippen molar-refractivity contribution in [2.75, 3.05) is 27.2 Å². The molecule has 1 rings (SSSR count). The second kappa shape index (κ2) is 11.9. The highest BCUT2D eigenvalue weighted by molar-refractivity contribution is 7.11. The first kappa shape index (κ1) is 19.4. The largest absolute Gasteiger partial charge is 0.469 e. The van der Waals surface area contributed by atoms with E-state index < -0.39 is 0 Å². The lowest BCUT2D eigenvalue weighted by Gasteiger charge is -2.11. The third kappa shape index (κ3) is 8.54. The van der Waals surface area contributed by atoms with Crippen molar-refractivity contribution >= 4 is 23.3 Å². The molecule has 130 valence electrons. The molecular weight excluding hydrogens is 312 g/mol. The van der Waals surface area contributed by atoms with Gasteiger partial charge in [-0.15, -0.1) is 11.3 Å². The number of esters is 1. The van der Waals surface area contributed by atoms with Gasteiger partial charge in [-0.25, -0.2) is 4.98 Å². The number of aromatic nitrogens is 1. The number of methoxy groups -OCH3 is 1. The normalized spacial score (nSPS) is 11.3. The highest BCUT2D eigenvalue weighted by Crippen LogP contribution is 2.13. The van der Waals surface area contributed by atoms with E-state index in [1.165, 1.54) is 12.0 Å². The summed E-state index contributed by atoms with van der Waals surface area (Å²) in [6.07, 6.45) is 7.28. The quantitative estimate of drug-likeness (QED) is 0.295. The SMILES string of the molecule is CCc1cnc(CCNC(=NC)NCCCCCC(=O)OC)s1. The molecule has 0 unspecified atom stereocenters. The highest BCUT2D eigenvalue weighted by atomic mass is 32.1. The molecule has 0 saturated carbocycles. The van der Waals surface area contributed by atoms with E-state index >= 15 is 0 Å². The van der Waals surface area contributed by atoms with E-state index in [0.717, 1.165) is 56.2 Å². The molecule has 0 amide bonds. The van der Waals surface area contributed by atoms with E-state index in [9.17, 15) is 4.79 Å². The lowest BCUT2D eigenvalue weighted by Crippen LogP contribution is -2.38. The number of ether oxygens (including phenoxy) is 1. The lowest BCUT2D eigenvalue weighted by atomic mass is 10.2. The molecule has 0 bridgehead atoms. The maximum Gasteiger partial charge on any atom is 0.305 e. The van der Waals surface area contributed by atoms with Gasteiger partial charge in [-0.2, -0.15) is 0 Å². The Balaban J connectivity index is 2.09. The van der Waals surface area contributed by atoms with E-state index in [-0.39, 0.29) is 5.97 Å². The number of unbranched alkanes of at least 4 members (excludes halogenated alkanes) is 2. The second-order valence-electron chi connectivity index (χ2n) is 5.14. The van der Waals surface area contributed by atoms with Gasteiger partial charge in [0.05, 0.1) is 12.1 Å². The van der Waals surface area contributed by atoms with Gasteiger partial charge in [0.25, 0.3) is 0 Å². The summed E-state index contributed by atoms with van der Waals surface area (Å²) in [5.41, 5.74) is 0. The lowest BCUT2D eigenvalue weighted by molar-refractivity contribution is -0.140. The number of nitrogens with zero attached hydrogens (tertiary/aromatic N) is 2. The zero-order valence-electron chi connectivity index (χ0n) is 14.4. The van der Waals surface area contributed by atoms with Crippen LogP contribution in [0.15, 0.2) is 11.2 Å². The summed E-state index contributed by atoms with van der Waals surface area (Å²) < 4.78 is 4.61. The van der Waals surface area contributed by atoms with E-state index in [1.807, 2.05) is 6.20 Å². The molecule has 0 aliphatic carbocycles. The first-order valence-corrected chi connectivity index (χ1v) is 8.96. The van der Waals surface area contributed by atoms with E-state index in [1.54, 1.807) is 18.4 Å². The van der Waals surface area contributed by atoms with Crippen LogP contribution in [0.25, 0.3) is 0 Å². The maximum atomic E-state index is 11.0. The van der Waals surface area contributed by atoms with Gasteiger partial charge in [0, 0.05) is 44.1 Å². The van der Waals surface area contributed by atoms with Crippen LogP contribution in [0.3, 0.4) is 0 Å². The number of hydrogen-bond acceptors (Lipinski definition) is 5. The molecule has 7 heteroatoms. The third-order valence-corrected chi connectivity index (χ3v) is 4.58. The van der Waals surface area contributed by atoms with E-state index in [4.69, 9.17) is 0 Å². The van der Waals surface area contributed by atoms with Crippen LogP contribution in [-0.4, -0.2) is 44.2 Å². The zero-order chi connectivity index (χ0) is 16.9. The standard InChI is InChI=1S/C16H28N4O2S/c1-4-13-12-20-14(23-13)9-11-19-16(17-2)18-10-7-5-6-8-15(21)22-3/h12H,4-11H2,1-3H3,(H2,17,18,19). The minimum absolute atomic E-state index is 0.135. The third-order valence-electron chi connectivity index (χ3n) is 3.38. The van der Waals surface area contributed by atoms with Crippen molar-refractivity contribution in [3.8, 4) is 0 Å².